The third kappa shape index (κ3) is 5.29. The van der Waals surface area contributed by atoms with Crippen LogP contribution >= 0.6 is 0 Å². The van der Waals surface area contributed by atoms with Gasteiger partial charge >= 0.3 is 0 Å². The van der Waals surface area contributed by atoms with Crippen molar-refractivity contribution in [1.82, 2.24) is 5.32 Å². The molecule has 0 aliphatic heterocycles. The zero-order valence-corrected chi connectivity index (χ0v) is 16.7. The van der Waals surface area contributed by atoms with Crippen molar-refractivity contribution in [2.24, 2.45) is 0 Å². The van der Waals surface area contributed by atoms with Gasteiger partial charge in [0.25, 0.3) is 21.6 Å². The number of nitro benzene ring substituents is 1. The van der Waals surface area contributed by atoms with Gasteiger partial charge in [0.1, 0.15) is 0 Å². The van der Waals surface area contributed by atoms with E-state index in [1.165, 1.54) is 43.3 Å². The van der Waals surface area contributed by atoms with Gasteiger partial charge in [-0.15, -0.1) is 0 Å². The van der Waals surface area contributed by atoms with Crippen LogP contribution in [0, 0.1) is 17.0 Å². The van der Waals surface area contributed by atoms with Crippen molar-refractivity contribution >= 4 is 27.3 Å². The highest BCUT2D eigenvalue weighted by Gasteiger charge is 2.20. The van der Waals surface area contributed by atoms with E-state index in [1.807, 2.05) is 13.8 Å². The molecule has 0 fully saturated rings. The topological polar surface area (TPSA) is 118 Å². The van der Waals surface area contributed by atoms with Gasteiger partial charge in [-0.1, -0.05) is 19.4 Å². The maximum Gasteiger partial charge on any atom is 0.273 e. The molecule has 8 nitrogen and oxygen atoms in total. The summed E-state index contributed by atoms with van der Waals surface area (Å²) < 4.78 is 27.4. The third-order valence-corrected chi connectivity index (χ3v) is 5.57. The van der Waals surface area contributed by atoms with E-state index in [9.17, 15) is 23.3 Å². The number of amides is 1. The smallest absolute Gasteiger partial charge is 0.273 e. The van der Waals surface area contributed by atoms with Crippen LogP contribution in [-0.2, 0) is 10.0 Å². The van der Waals surface area contributed by atoms with Crippen LogP contribution in [0.5, 0.6) is 0 Å². The summed E-state index contributed by atoms with van der Waals surface area (Å²) in [5.41, 5.74) is 0.769. The van der Waals surface area contributed by atoms with E-state index in [0.29, 0.717) is 11.1 Å². The molecule has 9 heteroatoms. The molecule has 2 aromatic rings. The summed E-state index contributed by atoms with van der Waals surface area (Å²) in [7, 11) is -4.00. The quantitative estimate of drug-likeness (QED) is 0.513. The lowest BCUT2D eigenvalue weighted by molar-refractivity contribution is -0.385. The molecule has 0 radical (unpaired) electrons. The second-order valence-corrected chi connectivity index (χ2v) is 8.23. The number of carbonyl (C=O) groups excluding carboxylic acids is 1. The Kier molecular flexibility index (Phi) is 6.74. The zero-order chi connectivity index (χ0) is 20.9. The zero-order valence-electron chi connectivity index (χ0n) is 15.9. The van der Waals surface area contributed by atoms with Crippen molar-refractivity contribution in [2.75, 3.05) is 4.72 Å². The lowest BCUT2D eigenvalue weighted by Crippen LogP contribution is -2.32. The molecule has 0 aromatic heterocycles. The molecule has 1 atom stereocenters. The fraction of sp³-hybridized carbons (Fsp3) is 0.316. The van der Waals surface area contributed by atoms with Gasteiger partial charge in [-0.05, 0) is 50.6 Å². The predicted molar refractivity (Wildman–Crippen MR) is 107 cm³/mol. The first-order valence-electron chi connectivity index (χ1n) is 8.83. The number of benzene rings is 2. The summed E-state index contributed by atoms with van der Waals surface area (Å²) in [6.07, 6.45) is 1.83. The molecule has 0 bridgehead atoms. The number of hydrogen-bond acceptors (Lipinski definition) is 5. The van der Waals surface area contributed by atoms with Gasteiger partial charge in [-0.3, -0.25) is 19.6 Å². The van der Waals surface area contributed by atoms with Crippen molar-refractivity contribution in [3.63, 3.8) is 0 Å². The van der Waals surface area contributed by atoms with E-state index in [2.05, 4.69) is 10.0 Å². The molecule has 2 aromatic carbocycles. The Labute approximate surface area is 164 Å². The van der Waals surface area contributed by atoms with Crippen molar-refractivity contribution in [3.05, 3.63) is 63.7 Å². The minimum Gasteiger partial charge on any atom is -0.350 e. The summed E-state index contributed by atoms with van der Waals surface area (Å²) in [4.78, 5) is 22.4. The van der Waals surface area contributed by atoms with Crippen LogP contribution in [0.15, 0.2) is 47.4 Å². The Balaban J connectivity index is 2.16. The normalized spacial score (nSPS) is 12.2. The molecule has 2 N–H and O–H groups in total. The van der Waals surface area contributed by atoms with E-state index in [-0.39, 0.29) is 28.2 Å². The van der Waals surface area contributed by atoms with Gasteiger partial charge in [0.15, 0.2) is 0 Å². The number of anilines is 1. The molecule has 1 unspecified atom stereocenters. The molecule has 0 aliphatic carbocycles. The maximum absolute atomic E-state index is 12.5. The Morgan fingerprint density at radius 1 is 1.18 bits per heavy atom. The average molecular weight is 405 g/mol. The first-order valence-corrected chi connectivity index (χ1v) is 10.3. The summed E-state index contributed by atoms with van der Waals surface area (Å²) >= 11 is 0. The summed E-state index contributed by atoms with van der Waals surface area (Å²) in [5.74, 6) is -0.232. The summed E-state index contributed by atoms with van der Waals surface area (Å²) in [5, 5.41) is 13.9. The number of carbonyl (C=O) groups is 1. The van der Waals surface area contributed by atoms with Gasteiger partial charge in [0.2, 0.25) is 0 Å². The Morgan fingerprint density at radius 2 is 1.82 bits per heavy atom. The number of nitrogens with zero attached hydrogens (tertiary/aromatic N) is 1. The Morgan fingerprint density at radius 3 is 2.39 bits per heavy atom. The predicted octanol–water partition coefficient (Wildman–Crippen LogP) is 3.62. The van der Waals surface area contributed by atoms with Crippen LogP contribution in [0.4, 0.5) is 11.4 Å². The van der Waals surface area contributed by atoms with Crippen LogP contribution in [0.25, 0.3) is 0 Å². The van der Waals surface area contributed by atoms with Gasteiger partial charge in [0.05, 0.1) is 9.82 Å². The van der Waals surface area contributed by atoms with Crippen LogP contribution in [0.3, 0.4) is 0 Å². The third-order valence-electron chi connectivity index (χ3n) is 4.19. The summed E-state index contributed by atoms with van der Waals surface area (Å²) in [6.45, 7) is 5.49. The van der Waals surface area contributed by atoms with E-state index < -0.39 is 14.9 Å². The van der Waals surface area contributed by atoms with Crippen molar-refractivity contribution < 1.29 is 18.1 Å². The number of nitrogens with one attached hydrogen (secondary N) is 2. The fourth-order valence-electron chi connectivity index (χ4n) is 2.67. The highest BCUT2D eigenvalue weighted by atomic mass is 32.2. The van der Waals surface area contributed by atoms with E-state index in [4.69, 9.17) is 0 Å². The SMILES string of the molecule is CCCC(C)NC(=O)c1ccc(NS(=O)(=O)c2ccc(C)c([N+](=O)[O-])c2)cc1. The molecule has 150 valence electrons. The minimum absolute atomic E-state index is 0.0491. The van der Waals surface area contributed by atoms with E-state index in [1.54, 1.807) is 0 Å². The van der Waals surface area contributed by atoms with Crippen LogP contribution in [-0.4, -0.2) is 25.3 Å². The standard InChI is InChI=1S/C19H23N3O5S/c1-4-5-14(3)20-19(23)15-7-9-16(10-8-15)21-28(26,27)17-11-6-13(2)18(12-17)22(24)25/h6-12,14,21H,4-5H2,1-3H3,(H,20,23). The second-order valence-electron chi connectivity index (χ2n) is 6.55. The van der Waals surface area contributed by atoms with Crippen molar-refractivity contribution in [2.45, 2.75) is 44.6 Å². The Hall–Kier alpha value is -2.94. The molecule has 0 saturated heterocycles. The number of hydrogen-bond donors (Lipinski definition) is 2. The number of sulfonamides is 1. The van der Waals surface area contributed by atoms with Crippen molar-refractivity contribution in [1.29, 1.82) is 0 Å². The molecule has 0 aliphatic rings. The number of nitro groups is 1. The fourth-order valence-corrected chi connectivity index (χ4v) is 3.75. The summed E-state index contributed by atoms with van der Waals surface area (Å²) in [6, 6.07) is 9.74. The first-order chi connectivity index (χ1) is 13.1. The van der Waals surface area contributed by atoms with Gasteiger partial charge in [-0.2, -0.15) is 0 Å². The van der Waals surface area contributed by atoms with Crippen LogP contribution in [0.2, 0.25) is 0 Å². The maximum atomic E-state index is 12.5. The van der Waals surface area contributed by atoms with Crippen LogP contribution < -0.4 is 10.0 Å². The molecule has 1 amide bonds. The highest BCUT2D eigenvalue weighted by Crippen LogP contribution is 2.24. The first kappa shape index (κ1) is 21.4. The molecule has 28 heavy (non-hydrogen) atoms. The second kappa shape index (κ2) is 8.83. The minimum atomic E-state index is -4.00. The Bertz CT molecular complexity index is 972. The lowest BCUT2D eigenvalue weighted by Gasteiger charge is -2.13. The monoisotopic (exact) mass is 405 g/mol. The van der Waals surface area contributed by atoms with Crippen molar-refractivity contribution in [3.8, 4) is 0 Å². The largest absolute Gasteiger partial charge is 0.350 e. The van der Waals surface area contributed by atoms with Gasteiger partial charge in [0, 0.05) is 28.9 Å². The van der Waals surface area contributed by atoms with Gasteiger partial charge in [-0.25, -0.2) is 8.42 Å². The lowest BCUT2D eigenvalue weighted by atomic mass is 10.1. The van der Waals surface area contributed by atoms with Gasteiger partial charge < -0.3 is 5.32 Å². The molecule has 0 heterocycles. The van der Waals surface area contributed by atoms with E-state index in [0.717, 1.165) is 18.9 Å². The van der Waals surface area contributed by atoms with E-state index >= 15 is 0 Å². The molecular weight excluding hydrogens is 382 g/mol. The number of rotatable bonds is 8. The van der Waals surface area contributed by atoms with Crippen LogP contribution in [0.1, 0.15) is 42.6 Å². The molecule has 0 saturated carbocycles. The molecule has 2 rings (SSSR count). The highest BCUT2D eigenvalue weighted by molar-refractivity contribution is 7.92. The molecule has 0 spiro atoms. The molecular formula is C19H23N3O5S. The number of aryl methyl sites for hydroxylation is 1. The average Bonchev–Trinajstić information content (AvgIpc) is 2.62.